The second kappa shape index (κ2) is 19.3. The molecule has 0 radical (unpaired) electrons. The zero-order valence-electron chi connectivity index (χ0n) is 25.9. The Morgan fingerprint density at radius 3 is 1.73 bits per heavy atom. The first-order valence-corrected chi connectivity index (χ1v) is 14.5. The number of hydrogen-bond donors (Lipinski definition) is 0. The molecule has 222 valence electrons. The lowest BCUT2D eigenvalue weighted by molar-refractivity contribution is 0.306. The van der Waals surface area contributed by atoms with Gasteiger partial charge < -0.3 is 0 Å². The molecule has 3 heteroatoms. The van der Waals surface area contributed by atoms with Crippen molar-refractivity contribution >= 4 is 0 Å². The lowest BCUT2D eigenvalue weighted by Crippen LogP contribution is -2.11. The van der Waals surface area contributed by atoms with Gasteiger partial charge in [0.15, 0.2) is 11.7 Å². The maximum Gasteiger partial charge on any atom is 0.166 e. The average Bonchev–Trinajstić information content (AvgIpc) is 2.92. The lowest BCUT2D eigenvalue weighted by Gasteiger charge is -2.22. The van der Waals surface area contributed by atoms with Crippen molar-refractivity contribution in [1.29, 1.82) is 0 Å². The van der Waals surface area contributed by atoms with Crippen LogP contribution in [0, 0.1) is 23.7 Å². The van der Waals surface area contributed by atoms with Crippen LogP contribution >= 0.6 is 0 Å². The highest BCUT2D eigenvalue weighted by Crippen LogP contribution is 2.31. The van der Waals surface area contributed by atoms with E-state index in [9.17, 15) is 13.2 Å². The molecule has 0 aliphatic rings. The topological polar surface area (TPSA) is 0 Å². The van der Waals surface area contributed by atoms with Crippen LogP contribution in [-0.4, -0.2) is 0 Å². The summed E-state index contributed by atoms with van der Waals surface area (Å²) in [6.45, 7) is 37.5. The van der Waals surface area contributed by atoms with Crippen LogP contribution in [0.4, 0.5) is 13.2 Å². The molecule has 0 saturated heterocycles. The van der Waals surface area contributed by atoms with Crippen molar-refractivity contribution in [3.8, 4) is 0 Å². The molecular weight excluding hydrogens is 501 g/mol. The Labute approximate surface area is 243 Å². The maximum absolute atomic E-state index is 15.0. The summed E-state index contributed by atoms with van der Waals surface area (Å²) in [6, 6.07) is 0. The zero-order valence-corrected chi connectivity index (χ0v) is 25.9. The molecule has 0 bridgehead atoms. The number of unbranched alkanes of at least 4 members (excludes halogenated alkanes) is 2. The van der Waals surface area contributed by atoms with E-state index < -0.39 is 17.5 Å². The highest BCUT2D eigenvalue weighted by Gasteiger charge is 2.17. The Bertz CT molecular complexity index is 1030. The van der Waals surface area contributed by atoms with Crippen molar-refractivity contribution in [3.05, 3.63) is 121 Å². The molecule has 40 heavy (non-hydrogen) atoms. The molecule has 0 amide bonds. The van der Waals surface area contributed by atoms with Crippen molar-refractivity contribution in [2.45, 2.75) is 86.0 Å². The second-order valence-electron chi connectivity index (χ2n) is 11.6. The van der Waals surface area contributed by atoms with Gasteiger partial charge in [0.25, 0.3) is 0 Å². The third-order valence-corrected chi connectivity index (χ3v) is 7.62. The molecule has 0 nitrogen and oxygen atoms in total. The Balaban J connectivity index is 5.04. The van der Waals surface area contributed by atoms with Crippen LogP contribution in [-0.2, 0) is 0 Å². The van der Waals surface area contributed by atoms with Crippen LogP contribution in [0.5, 0.6) is 0 Å². The molecule has 0 spiro atoms. The van der Waals surface area contributed by atoms with E-state index in [0.29, 0.717) is 36.2 Å². The molecule has 0 aromatic carbocycles. The van der Waals surface area contributed by atoms with Gasteiger partial charge >= 0.3 is 0 Å². The van der Waals surface area contributed by atoms with Gasteiger partial charge in [0.1, 0.15) is 5.83 Å². The van der Waals surface area contributed by atoms with Crippen molar-refractivity contribution in [3.63, 3.8) is 0 Å². The summed E-state index contributed by atoms with van der Waals surface area (Å²) in [5.41, 5.74) is 1.09. The lowest BCUT2D eigenvalue weighted by atomic mass is 9.83. The van der Waals surface area contributed by atoms with E-state index >= 15 is 0 Å². The molecule has 0 aromatic heterocycles. The van der Waals surface area contributed by atoms with E-state index in [-0.39, 0.29) is 33.8 Å². The molecule has 3 unspecified atom stereocenters. The fourth-order valence-corrected chi connectivity index (χ4v) is 3.98. The van der Waals surface area contributed by atoms with Crippen LogP contribution in [0.1, 0.15) is 86.0 Å². The Hall–Kier alpha value is -2.81. The van der Waals surface area contributed by atoms with Crippen molar-refractivity contribution in [2.24, 2.45) is 23.7 Å². The Morgan fingerprint density at radius 2 is 1.20 bits per heavy atom. The van der Waals surface area contributed by atoms with Gasteiger partial charge in [0.2, 0.25) is 0 Å². The standard InChI is InChI=1S/C37H53F3/c1-13-14-15-16-17-31(9)36(39)37(40)34(12)30(8)23-22-29(7)33(11)35(38)24-32(10)28(6)21-20-27(5)26(4)19-18-25(2)3/h13,22-28H,1,7-12,14-21H2,2-6H3/b23-22-,35-24+,37-36-. The summed E-state index contributed by atoms with van der Waals surface area (Å²) in [5.74, 6) is -0.562. The van der Waals surface area contributed by atoms with Crippen LogP contribution in [0.3, 0.4) is 0 Å². The summed E-state index contributed by atoms with van der Waals surface area (Å²) in [7, 11) is 0. The van der Waals surface area contributed by atoms with Gasteiger partial charge in [-0.15, -0.1) is 6.58 Å². The third-order valence-electron chi connectivity index (χ3n) is 7.62. The molecule has 0 fully saturated rings. The first kappa shape index (κ1) is 37.2. The van der Waals surface area contributed by atoms with E-state index in [0.717, 1.165) is 25.7 Å². The molecule has 0 aliphatic carbocycles. The first-order chi connectivity index (χ1) is 18.6. The summed E-state index contributed by atoms with van der Waals surface area (Å²) < 4.78 is 44.1. The SMILES string of the molecule is C=CCCCCC(=C)/C(F)=C(/F)C(=C)C(=C)/C=C\C(=C)C(=C)/C(F)=C\C(=C)C(C)CCC(C)C(C)CCC(C)C. The summed E-state index contributed by atoms with van der Waals surface area (Å²) in [6.07, 6.45) is 13.2. The summed E-state index contributed by atoms with van der Waals surface area (Å²) in [5, 5.41) is 0. The fraction of sp³-hybridized carbons (Fsp3) is 0.459. The van der Waals surface area contributed by atoms with E-state index in [1.807, 2.05) is 0 Å². The van der Waals surface area contributed by atoms with E-state index in [4.69, 9.17) is 0 Å². The monoisotopic (exact) mass is 554 g/mol. The van der Waals surface area contributed by atoms with E-state index in [2.05, 4.69) is 80.7 Å². The molecule has 0 aliphatic heterocycles. The van der Waals surface area contributed by atoms with Crippen LogP contribution in [0.2, 0.25) is 0 Å². The number of hydrogen-bond acceptors (Lipinski definition) is 0. The highest BCUT2D eigenvalue weighted by atomic mass is 19.2. The normalized spacial score (nSPS) is 14.9. The highest BCUT2D eigenvalue weighted by molar-refractivity contribution is 5.53. The summed E-state index contributed by atoms with van der Waals surface area (Å²) >= 11 is 0. The van der Waals surface area contributed by atoms with Crippen LogP contribution in [0.25, 0.3) is 0 Å². The Morgan fingerprint density at radius 1 is 0.675 bits per heavy atom. The molecule has 0 N–H and O–H groups in total. The van der Waals surface area contributed by atoms with E-state index in [1.54, 1.807) is 6.08 Å². The van der Waals surface area contributed by atoms with Crippen molar-refractivity contribution in [1.82, 2.24) is 0 Å². The minimum atomic E-state index is -1.10. The fourth-order valence-electron chi connectivity index (χ4n) is 3.98. The quantitative estimate of drug-likeness (QED) is 0.0752. The van der Waals surface area contributed by atoms with Gasteiger partial charge in [-0.3, -0.25) is 0 Å². The largest absolute Gasteiger partial charge is 0.206 e. The van der Waals surface area contributed by atoms with Gasteiger partial charge in [-0.25, -0.2) is 13.2 Å². The third kappa shape index (κ3) is 14.0. The minimum Gasteiger partial charge on any atom is -0.206 e. The van der Waals surface area contributed by atoms with Crippen LogP contribution < -0.4 is 0 Å². The molecule has 0 heterocycles. The van der Waals surface area contributed by atoms with Gasteiger partial charge in [0.05, 0.1) is 0 Å². The molecule has 0 saturated carbocycles. The molecule has 3 atom stereocenters. The maximum atomic E-state index is 15.0. The predicted molar refractivity (Wildman–Crippen MR) is 172 cm³/mol. The molecule has 0 aromatic rings. The zero-order chi connectivity index (χ0) is 31.0. The first-order valence-electron chi connectivity index (χ1n) is 14.5. The van der Waals surface area contributed by atoms with E-state index in [1.165, 1.54) is 31.1 Å². The molecular formula is C37H53F3. The minimum absolute atomic E-state index is 0.0778. The Kier molecular flexibility index (Phi) is 17.9. The molecule has 0 rings (SSSR count). The smallest absolute Gasteiger partial charge is 0.166 e. The van der Waals surface area contributed by atoms with Crippen LogP contribution in [0.15, 0.2) is 121 Å². The summed E-state index contributed by atoms with van der Waals surface area (Å²) in [4.78, 5) is 0. The van der Waals surface area contributed by atoms with Crippen molar-refractivity contribution in [2.75, 3.05) is 0 Å². The van der Waals surface area contributed by atoms with Gasteiger partial charge in [-0.05, 0) is 90.6 Å². The number of allylic oxidation sites excluding steroid dienone is 13. The van der Waals surface area contributed by atoms with Crippen molar-refractivity contribution < 1.29 is 13.2 Å². The number of halogens is 3. The second-order valence-corrected chi connectivity index (χ2v) is 11.6. The van der Waals surface area contributed by atoms with Gasteiger partial charge in [0, 0.05) is 11.1 Å². The van der Waals surface area contributed by atoms with Gasteiger partial charge in [-0.1, -0.05) is 105 Å². The average molecular weight is 555 g/mol. The predicted octanol–water partition coefficient (Wildman–Crippen LogP) is 12.8. The van der Waals surface area contributed by atoms with Gasteiger partial charge in [-0.2, -0.15) is 0 Å². The number of rotatable bonds is 21.